The van der Waals surface area contributed by atoms with E-state index in [-0.39, 0.29) is 5.57 Å². The first-order valence-corrected chi connectivity index (χ1v) is 13.2. The second kappa shape index (κ2) is 10.0. The molecular weight excluding hydrogens is 524 g/mol. The first-order chi connectivity index (χ1) is 17.9. The summed E-state index contributed by atoms with van der Waals surface area (Å²) in [5.41, 5.74) is 3.29. The molecule has 5 aromatic rings. The van der Waals surface area contributed by atoms with Gasteiger partial charge < -0.3 is 13.4 Å². The SMILES string of the molecule is CCn1c(-c2ccc(-c3cc(Cl)c(C=C(C#N)C#N)s3)o2)ccc1-c1cc2sc(/C=C(/C)C#N)cc2o1. The fourth-order valence-electron chi connectivity index (χ4n) is 3.97. The van der Waals surface area contributed by atoms with Crippen LogP contribution in [0.1, 0.15) is 23.6 Å². The number of hydrogen-bond donors (Lipinski definition) is 0. The van der Waals surface area contributed by atoms with Gasteiger partial charge in [0.1, 0.15) is 29.1 Å². The molecule has 0 aromatic carbocycles. The minimum atomic E-state index is -0.00787. The molecule has 0 fully saturated rings. The van der Waals surface area contributed by atoms with Gasteiger partial charge in [0.05, 0.1) is 32.1 Å². The summed E-state index contributed by atoms with van der Waals surface area (Å²) in [6.45, 7) is 4.56. The molecule has 0 saturated heterocycles. The number of nitrogens with zero attached hydrogens (tertiary/aromatic N) is 4. The van der Waals surface area contributed by atoms with Crippen LogP contribution in [0.3, 0.4) is 0 Å². The lowest BCUT2D eigenvalue weighted by molar-refractivity contribution is 0.586. The van der Waals surface area contributed by atoms with Crippen molar-refractivity contribution in [2.24, 2.45) is 0 Å². The van der Waals surface area contributed by atoms with Crippen LogP contribution in [0.25, 0.3) is 56.0 Å². The Morgan fingerprint density at radius 1 is 0.919 bits per heavy atom. The predicted molar refractivity (Wildman–Crippen MR) is 148 cm³/mol. The van der Waals surface area contributed by atoms with E-state index >= 15 is 0 Å². The van der Waals surface area contributed by atoms with Crippen molar-refractivity contribution in [3.8, 4) is 51.8 Å². The maximum atomic E-state index is 9.03. The normalized spacial score (nSPS) is 11.3. The Balaban J connectivity index is 1.46. The van der Waals surface area contributed by atoms with Crippen LogP contribution in [0.5, 0.6) is 0 Å². The Morgan fingerprint density at radius 3 is 2.32 bits per heavy atom. The fourth-order valence-corrected chi connectivity index (χ4v) is 6.29. The van der Waals surface area contributed by atoms with Crippen molar-refractivity contribution in [2.45, 2.75) is 20.4 Å². The van der Waals surface area contributed by atoms with Gasteiger partial charge >= 0.3 is 0 Å². The Hall–Kier alpha value is -4.26. The number of aromatic nitrogens is 1. The van der Waals surface area contributed by atoms with Crippen LogP contribution >= 0.6 is 34.3 Å². The van der Waals surface area contributed by atoms with E-state index in [0.29, 0.717) is 33.5 Å². The lowest BCUT2D eigenvalue weighted by atomic mass is 10.2. The van der Waals surface area contributed by atoms with Crippen molar-refractivity contribution in [2.75, 3.05) is 0 Å². The molecule has 5 rings (SSSR count). The van der Waals surface area contributed by atoms with Gasteiger partial charge in [-0.25, -0.2) is 0 Å². The zero-order valence-electron chi connectivity index (χ0n) is 19.7. The number of halogens is 1. The molecule has 0 atom stereocenters. The molecule has 0 aliphatic heterocycles. The summed E-state index contributed by atoms with van der Waals surface area (Å²) in [4.78, 5) is 2.42. The third-order valence-electron chi connectivity index (χ3n) is 5.64. The van der Waals surface area contributed by atoms with E-state index in [0.717, 1.165) is 37.2 Å². The Kier molecular flexibility index (Phi) is 6.61. The van der Waals surface area contributed by atoms with Crippen LogP contribution in [0.15, 0.2) is 62.4 Å². The van der Waals surface area contributed by atoms with E-state index in [1.165, 1.54) is 17.4 Å². The minimum Gasteiger partial charge on any atom is -0.454 e. The Labute approximate surface area is 225 Å². The number of furan rings is 2. The third-order valence-corrected chi connectivity index (χ3v) is 8.17. The third kappa shape index (κ3) is 4.65. The minimum absolute atomic E-state index is 0.00787. The smallest absolute Gasteiger partial charge is 0.152 e. The number of rotatable bonds is 6. The van der Waals surface area contributed by atoms with Crippen molar-refractivity contribution >= 4 is 56.7 Å². The quantitative estimate of drug-likeness (QED) is 0.200. The van der Waals surface area contributed by atoms with Crippen LogP contribution in [0, 0.1) is 34.0 Å². The monoisotopic (exact) mass is 540 g/mol. The van der Waals surface area contributed by atoms with Gasteiger partial charge in [-0.05, 0) is 62.4 Å². The molecule has 0 amide bonds. The van der Waals surface area contributed by atoms with Crippen LogP contribution < -0.4 is 0 Å². The first kappa shape index (κ1) is 24.4. The summed E-state index contributed by atoms with van der Waals surface area (Å²) in [6, 6.07) is 19.4. The number of hydrogen-bond acceptors (Lipinski definition) is 7. The molecule has 0 radical (unpaired) electrons. The zero-order chi connectivity index (χ0) is 26.1. The van der Waals surface area contributed by atoms with E-state index in [1.807, 2.05) is 54.6 Å². The molecule has 6 nitrogen and oxygen atoms in total. The van der Waals surface area contributed by atoms with Crippen molar-refractivity contribution in [1.82, 2.24) is 4.57 Å². The average molecular weight is 541 g/mol. The summed E-state index contributed by atoms with van der Waals surface area (Å²) in [6.07, 6.45) is 3.33. The van der Waals surface area contributed by atoms with E-state index in [9.17, 15) is 0 Å². The molecule has 37 heavy (non-hydrogen) atoms. The molecule has 180 valence electrons. The van der Waals surface area contributed by atoms with Crippen molar-refractivity contribution in [1.29, 1.82) is 15.8 Å². The van der Waals surface area contributed by atoms with E-state index in [4.69, 9.17) is 36.2 Å². The highest BCUT2D eigenvalue weighted by Crippen LogP contribution is 2.40. The largest absolute Gasteiger partial charge is 0.454 e. The number of allylic oxidation sites excluding steroid dienone is 2. The molecule has 5 heterocycles. The van der Waals surface area contributed by atoms with Gasteiger partial charge in [-0.3, -0.25) is 0 Å². The molecule has 0 spiro atoms. The topological polar surface area (TPSA) is 103 Å². The highest BCUT2D eigenvalue weighted by molar-refractivity contribution is 7.19. The van der Waals surface area contributed by atoms with Gasteiger partial charge in [-0.15, -0.1) is 22.7 Å². The van der Waals surface area contributed by atoms with Gasteiger partial charge in [0, 0.05) is 27.9 Å². The highest BCUT2D eigenvalue weighted by Gasteiger charge is 2.19. The lowest BCUT2D eigenvalue weighted by Gasteiger charge is -2.08. The average Bonchev–Trinajstić information content (AvgIpc) is 3.70. The van der Waals surface area contributed by atoms with Crippen LogP contribution in [-0.2, 0) is 6.54 Å². The molecule has 0 saturated carbocycles. The van der Waals surface area contributed by atoms with Crippen molar-refractivity contribution in [3.05, 3.63) is 68.4 Å². The summed E-state index contributed by atoms with van der Waals surface area (Å²) in [5.74, 6) is 2.11. The Bertz CT molecular complexity index is 1790. The molecular formula is C28H17ClN4O2S2. The van der Waals surface area contributed by atoms with Crippen molar-refractivity contribution < 1.29 is 8.83 Å². The summed E-state index contributed by atoms with van der Waals surface area (Å²) < 4.78 is 15.5. The Morgan fingerprint density at radius 2 is 1.65 bits per heavy atom. The van der Waals surface area contributed by atoms with E-state index in [2.05, 4.69) is 17.6 Å². The molecule has 5 aromatic heterocycles. The summed E-state index contributed by atoms with van der Waals surface area (Å²) in [5, 5.41) is 27.5. The van der Waals surface area contributed by atoms with E-state index in [1.54, 1.807) is 24.3 Å². The van der Waals surface area contributed by atoms with Gasteiger partial charge in [-0.2, -0.15) is 15.8 Å². The first-order valence-electron chi connectivity index (χ1n) is 11.2. The standard InChI is InChI=1S/C28H17ClN4O2S2/c1-3-33-20(4-5-21(33)24-12-28-25(35-24)10-18(36-28)8-16(2)13-30)22-6-7-23(34-22)27-11-19(29)26(37-27)9-17(14-31)15-32/h4-12H,3H2,1-2H3/b16-8-. The van der Waals surface area contributed by atoms with Crippen LogP contribution in [0.4, 0.5) is 0 Å². The number of fused-ring (bicyclic) bond motifs is 1. The van der Waals surface area contributed by atoms with E-state index < -0.39 is 0 Å². The van der Waals surface area contributed by atoms with Crippen molar-refractivity contribution in [3.63, 3.8) is 0 Å². The molecule has 0 aliphatic carbocycles. The molecule has 0 aliphatic rings. The lowest BCUT2D eigenvalue weighted by Crippen LogP contribution is -1.98. The number of thiophene rings is 2. The number of nitriles is 3. The summed E-state index contributed by atoms with van der Waals surface area (Å²) >= 11 is 9.28. The second-order valence-electron chi connectivity index (χ2n) is 8.04. The zero-order valence-corrected chi connectivity index (χ0v) is 22.1. The molecule has 0 bridgehead atoms. The van der Waals surface area contributed by atoms with Gasteiger partial charge in [0.2, 0.25) is 0 Å². The fraction of sp³-hybridized carbons (Fsp3) is 0.107. The predicted octanol–water partition coefficient (Wildman–Crippen LogP) is 8.98. The maximum absolute atomic E-state index is 9.03. The molecule has 9 heteroatoms. The molecule has 0 N–H and O–H groups in total. The maximum Gasteiger partial charge on any atom is 0.152 e. The van der Waals surface area contributed by atoms with Gasteiger partial charge in [-0.1, -0.05) is 11.6 Å². The summed E-state index contributed by atoms with van der Waals surface area (Å²) in [7, 11) is 0. The van der Waals surface area contributed by atoms with Crippen LogP contribution in [-0.4, -0.2) is 4.57 Å². The van der Waals surface area contributed by atoms with Gasteiger partial charge in [0.15, 0.2) is 11.5 Å². The highest BCUT2D eigenvalue weighted by atomic mass is 35.5. The molecule has 0 unspecified atom stereocenters. The second-order valence-corrected chi connectivity index (χ2v) is 10.6. The van der Waals surface area contributed by atoms with Gasteiger partial charge in [0.25, 0.3) is 0 Å². The van der Waals surface area contributed by atoms with Crippen LogP contribution in [0.2, 0.25) is 5.02 Å².